The van der Waals surface area contributed by atoms with Gasteiger partial charge in [0.2, 0.25) is 0 Å². The zero-order chi connectivity index (χ0) is 17.8. The first-order chi connectivity index (χ1) is 12.6. The normalized spacial score (nSPS) is 12.6. The lowest BCUT2D eigenvalue weighted by atomic mass is 9.90. The van der Waals surface area contributed by atoms with Crippen molar-refractivity contribution in [3.05, 3.63) is 77.7 Å². The third kappa shape index (κ3) is 2.07. The summed E-state index contributed by atoms with van der Waals surface area (Å²) in [5.41, 5.74) is 10.1. The second kappa shape index (κ2) is 5.53. The number of nitrogens with zero attached hydrogens (tertiary/aromatic N) is 3. The van der Waals surface area contributed by atoms with Crippen molar-refractivity contribution in [2.75, 3.05) is 0 Å². The summed E-state index contributed by atoms with van der Waals surface area (Å²) in [6.45, 7) is 7.63. The Morgan fingerprint density at radius 1 is 1.00 bits per heavy atom. The third-order valence-electron chi connectivity index (χ3n) is 5.57. The van der Waals surface area contributed by atoms with Crippen LogP contribution < -0.4 is 4.57 Å². The fourth-order valence-corrected chi connectivity index (χ4v) is 4.19. The monoisotopic (exact) mass is 340 g/mol. The van der Waals surface area contributed by atoms with Gasteiger partial charge in [-0.1, -0.05) is 50.2 Å². The van der Waals surface area contributed by atoms with E-state index in [-0.39, 0.29) is 0 Å². The molecule has 0 N–H and O–H groups in total. The molecule has 0 aliphatic carbocycles. The smallest absolute Gasteiger partial charge is 0.255 e. The van der Waals surface area contributed by atoms with Crippen LogP contribution in [0.1, 0.15) is 36.5 Å². The molecule has 1 aliphatic rings. The molecule has 1 aliphatic heterocycles. The highest BCUT2D eigenvalue weighted by molar-refractivity contribution is 5.78. The van der Waals surface area contributed by atoms with E-state index in [1.54, 1.807) is 0 Å². The first-order valence-electron chi connectivity index (χ1n) is 9.23. The summed E-state index contributed by atoms with van der Waals surface area (Å²) in [6, 6.07) is 17.5. The van der Waals surface area contributed by atoms with Crippen molar-refractivity contribution in [2.45, 2.75) is 33.2 Å². The molecule has 0 fully saturated rings. The molecule has 3 nitrogen and oxygen atoms in total. The van der Waals surface area contributed by atoms with Crippen LogP contribution >= 0.6 is 0 Å². The third-order valence-corrected chi connectivity index (χ3v) is 5.57. The van der Waals surface area contributed by atoms with Crippen LogP contribution in [0.2, 0.25) is 0 Å². The molecule has 128 valence electrons. The summed E-state index contributed by atoms with van der Waals surface area (Å²) in [6.07, 6.45) is 4.11. The predicted molar refractivity (Wildman–Crippen MR) is 105 cm³/mol. The molecule has 0 spiro atoms. The van der Waals surface area contributed by atoms with Crippen molar-refractivity contribution in [1.29, 1.82) is 0 Å². The summed E-state index contributed by atoms with van der Waals surface area (Å²) >= 11 is 0. The van der Waals surface area contributed by atoms with Crippen LogP contribution in [0.25, 0.3) is 28.0 Å². The maximum Gasteiger partial charge on any atom is 0.306 e. The molecule has 2 aromatic heterocycles. The van der Waals surface area contributed by atoms with Gasteiger partial charge in [-0.25, -0.2) is 0 Å². The number of fused-ring (bicyclic) bond motifs is 10. The van der Waals surface area contributed by atoms with Gasteiger partial charge in [-0.15, -0.1) is 4.98 Å². The van der Waals surface area contributed by atoms with E-state index in [4.69, 9.17) is 4.98 Å². The van der Waals surface area contributed by atoms with E-state index >= 15 is 0 Å². The van der Waals surface area contributed by atoms with Crippen molar-refractivity contribution in [1.82, 2.24) is 9.55 Å². The highest BCUT2D eigenvalue weighted by atomic mass is 15.2. The highest BCUT2D eigenvalue weighted by Crippen LogP contribution is 2.35. The van der Waals surface area contributed by atoms with E-state index < -0.39 is 0 Å². The summed E-state index contributed by atoms with van der Waals surface area (Å²) in [4.78, 5) is 4.73. The van der Waals surface area contributed by atoms with Crippen molar-refractivity contribution in [3.8, 4) is 16.8 Å². The van der Waals surface area contributed by atoms with E-state index in [9.17, 15) is 0 Å². The van der Waals surface area contributed by atoms with Gasteiger partial charge in [0.25, 0.3) is 0 Å². The first kappa shape index (κ1) is 15.3. The molecular weight excluding hydrogens is 318 g/mol. The first-order valence-corrected chi connectivity index (χ1v) is 9.23. The predicted octanol–water partition coefficient (Wildman–Crippen LogP) is 4.77. The minimum absolute atomic E-state index is 0.434. The average Bonchev–Trinajstić information content (AvgIpc) is 3.01. The quantitative estimate of drug-likeness (QED) is 0.403. The van der Waals surface area contributed by atoms with E-state index in [2.05, 4.69) is 78.7 Å². The van der Waals surface area contributed by atoms with Crippen LogP contribution in [-0.2, 0) is 6.54 Å². The number of para-hydroxylation sites is 1. The van der Waals surface area contributed by atoms with Crippen molar-refractivity contribution < 1.29 is 4.57 Å². The number of benzene rings is 2. The van der Waals surface area contributed by atoms with Gasteiger partial charge >= 0.3 is 5.65 Å². The molecule has 0 saturated carbocycles. The molecule has 0 amide bonds. The Kier molecular flexibility index (Phi) is 3.26. The van der Waals surface area contributed by atoms with E-state index in [1.807, 2.05) is 12.3 Å². The number of pyridine rings is 1. The summed E-state index contributed by atoms with van der Waals surface area (Å²) in [5, 5.41) is 0. The number of hydrogen-bond donors (Lipinski definition) is 0. The fourth-order valence-electron chi connectivity index (χ4n) is 4.19. The average molecular weight is 340 g/mol. The Bertz CT molecular complexity index is 1150. The Hall–Kier alpha value is -2.94. The highest BCUT2D eigenvalue weighted by Gasteiger charge is 2.26. The summed E-state index contributed by atoms with van der Waals surface area (Å²) in [7, 11) is 0. The Morgan fingerprint density at radius 3 is 2.65 bits per heavy atom. The van der Waals surface area contributed by atoms with Crippen molar-refractivity contribution >= 4 is 11.2 Å². The number of imidazole rings is 1. The molecule has 0 atom stereocenters. The zero-order valence-corrected chi connectivity index (χ0v) is 15.4. The van der Waals surface area contributed by atoms with Crippen LogP contribution in [-0.4, -0.2) is 9.55 Å². The molecule has 0 saturated heterocycles. The molecule has 26 heavy (non-hydrogen) atoms. The topological polar surface area (TPSA) is 21.7 Å². The van der Waals surface area contributed by atoms with Gasteiger partial charge in [0.05, 0.1) is 6.54 Å². The van der Waals surface area contributed by atoms with Gasteiger partial charge in [0, 0.05) is 5.56 Å². The Labute approximate surface area is 153 Å². The van der Waals surface area contributed by atoms with Crippen molar-refractivity contribution in [3.63, 3.8) is 0 Å². The van der Waals surface area contributed by atoms with Gasteiger partial charge < -0.3 is 0 Å². The molecule has 4 bridgehead atoms. The van der Waals surface area contributed by atoms with Gasteiger partial charge in [-0.3, -0.25) is 4.57 Å². The van der Waals surface area contributed by atoms with Crippen LogP contribution in [0.4, 0.5) is 0 Å². The number of hydrogen-bond acceptors (Lipinski definition) is 1. The van der Waals surface area contributed by atoms with Gasteiger partial charge in [0.15, 0.2) is 11.8 Å². The molecule has 4 aromatic rings. The maximum absolute atomic E-state index is 4.73. The SMILES string of the molecule is Cc1c2cccc1-c1cccc(C(C)C)c1-[n+]1cn(c3cccnc31)C2. The molecule has 3 heterocycles. The fraction of sp³-hybridized carbons (Fsp3) is 0.217. The molecular formula is C23H22N3+. The van der Waals surface area contributed by atoms with Crippen LogP contribution in [0, 0.1) is 6.92 Å². The molecule has 0 unspecified atom stereocenters. The molecule has 0 radical (unpaired) electrons. The summed E-state index contributed by atoms with van der Waals surface area (Å²) in [5.74, 6) is 0.434. The van der Waals surface area contributed by atoms with Gasteiger partial charge in [-0.2, -0.15) is 4.57 Å². The lowest BCUT2D eigenvalue weighted by Crippen LogP contribution is -2.32. The lowest BCUT2D eigenvalue weighted by Gasteiger charge is -2.17. The van der Waals surface area contributed by atoms with E-state index in [0.717, 1.165) is 12.2 Å². The molecule has 3 heteroatoms. The van der Waals surface area contributed by atoms with E-state index in [1.165, 1.54) is 39.0 Å². The standard InChI is InChI=1S/C23H22N3/c1-15(2)18-8-5-10-20-19-9-4-7-17(16(19)3)13-25-14-26(22(18)20)23-21(25)11-6-12-24-23/h4-12,14-15H,13H2,1-3H3/q+1. The maximum atomic E-state index is 4.73. The van der Waals surface area contributed by atoms with Gasteiger partial charge in [0.1, 0.15) is 11.9 Å². The zero-order valence-electron chi connectivity index (χ0n) is 15.4. The summed E-state index contributed by atoms with van der Waals surface area (Å²) < 4.78 is 4.61. The van der Waals surface area contributed by atoms with Crippen LogP contribution in [0.15, 0.2) is 61.1 Å². The van der Waals surface area contributed by atoms with E-state index in [0.29, 0.717) is 5.92 Å². The molecule has 2 aromatic carbocycles. The minimum atomic E-state index is 0.434. The molecule has 5 rings (SSSR count). The van der Waals surface area contributed by atoms with Crippen LogP contribution in [0.5, 0.6) is 0 Å². The Morgan fingerprint density at radius 2 is 1.81 bits per heavy atom. The van der Waals surface area contributed by atoms with Crippen molar-refractivity contribution in [2.24, 2.45) is 0 Å². The number of aromatic nitrogens is 3. The number of rotatable bonds is 1. The largest absolute Gasteiger partial charge is 0.306 e. The van der Waals surface area contributed by atoms with Crippen LogP contribution in [0.3, 0.4) is 0 Å². The van der Waals surface area contributed by atoms with Gasteiger partial charge in [-0.05, 0) is 47.2 Å². The lowest BCUT2D eigenvalue weighted by molar-refractivity contribution is -0.570. The minimum Gasteiger partial charge on any atom is -0.255 e. The Balaban J connectivity index is 2.01. The second-order valence-electron chi connectivity index (χ2n) is 7.45. The second-order valence-corrected chi connectivity index (χ2v) is 7.45.